The number of hydrogen-bond acceptors (Lipinski definition) is 1. The topological polar surface area (TPSA) is 17.8 Å². The number of aryl methyl sites for hydroxylation is 1. The maximum atomic E-state index is 4.33. The summed E-state index contributed by atoms with van der Waals surface area (Å²) >= 11 is 3.49. The van der Waals surface area contributed by atoms with Crippen LogP contribution in [0.2, 0.25) is 0 Å². The standard InChI is InChI=1S/C14H11BrN2/c1-10-2-4-13(9-16-10)17-7-6-11-8-12(15)3-5-14(11)17/h2-9H,1H3. The van der Waals surface area contributed by atoms with Gasteiger partial charge in [-0.1, -0.05) is 15.9 Å². The Labute approximate surface area is 108 Å². The first-order valence-electron chi connectivity index (χ1n) is 5.44. The van der Waals surface area contributed by atoms with Gasteiger partial charge in [0, 0.05) is 21.7 Å². The summed E-state index contributed by atoms with van der Waals surface area (Å²) in [4.78, 5) is 4.33. The Morgan fingerprint density at radius 2 is 2.00 bits per heavy atom. The molecule has 17 heavy (non-hydrogen) atoms. The van der Waals surface area contributed by atoms with Crippen LogP contribution in [0.4, 0.5) is 0 Å². The molecule has 0 aliphatic rings. The van der Waals surface area contributed by atoms with Gasteiger partial charge in [-0.3, -0.25) is 4.98 Å². The number of halogens is 1. The Morgan fingerprint density at radius 3 is 2.76 bits per heavy atom. The molecule has 3 rings (SSSR count). The summed E-state index contributed by atoms with van der Waals surface area (Å²) in [5.41, 5.74) is 3.32. The molecule has 0 spiro atoms. The van der Waals surface area contributed by atoms with E-state index in [9.17, 15) is 0 Å². The van der Waals surface area contributed by atoms with E-state index in [4.69, 9.17) is 0 Å². The van der Waals surface area contributed by atoms with E-state index >= 15 is 0 Å². The Hall–Kier alpha value is -1.61. The molecule has 0 bridgehead atoms. The molecule has 3 aromatic rings. The second-order valence-corrected chi connectivity index (χ2v) is 4.96. The van der Waals surface area contributed by atoms with Gasteiger partial charge in [0.05, 0.1) is 17.4 Å². The van der Waals surface area contributed by atoms with Crippen LogP contribution < -0.4 is 0 Å². The quantitative estimate of drug-likeness (QED) is 0.659. The molecule has 2 nitrogen and oxygen atoms in total. The normalized spacial score (nSPS) is 10.9. The van der Waals surface area contributed by atoms with Gasteiger partial charge in [-0.25, -0.2) is 0 Å². The predicted octanol–water partition coefficient (Wildman–Crippen LogP) is 4.10. The molecule has 0 saturated heterocycles. The number of nitrogens with zero attached hydrogens (tertiary/aromatic N) is 2. The largest absolute Gasteiger partial charge is 0.315 e. The second kappa shape index (κ2) is 4.00. The summed E-state index contributed by atoms with van der Waals surface area (Å²) in [6, 6.07) is 12.5. The molecular weight excluding hydrogens is 276 g/mol. The van der Waals surface area contributed by atoms with Crippen molar-refractivity contribution >= 4 is 26.8 Å². The van der Waals surface area contributed by atoms with Crippen LogP contribution in [-0.4, -0.2) is 9.55 Å². The second-order valence-electron chi connectivity index (χ2n) is 4.05. The summed E-state index contributed by atoms with van der Waals surface area (Å²) < 4.78 is 3.25. The van der Waals surface area contributed by atoms with E-state index in [0.29, 0.717) is 0 Å². The van der Waals surface area contributed by atoms with Crippen LogP contribution >= 0.6 is 15.9 Å². The first kappa shape index (κ1) is 10.5. The van der Waals surface area contributed by atoms with Crippen LogP contribution in [0.25, 0.3) is 16.6 Å². The van der Waals surface area contributed by atoms with E-state index in [-0.39, 0.29) is 0 Å². The highest BCUT2D eigenvalue weighted by molar-refractivity contribution is 9.10. The van der Waals surface area contributed by atoms with E-state index < -0.39 is 0 Å². The molecule has 1 aromatic carbocycles. The third kappa shape index (κ3) is 1.87. The average Bonchev–Trinajstić information content (AvgIpc) is 2.73. The molecule has 0 aliphatic heterocycles. The Balaban J connectivity index is 2.21. The molecule has 0 N–H and O–H groups in total. The van der Waals surface area contributed by atoms with Crippen molar-refractivity contribution in [3.05, 3.63) is 59.0 Å². The minimum absolute atomic E-state index is 1.04. The molecule has 3 heteroatoms. The number of hydrogen-bond donors (Lipinski definition) is 0. The summed E-state index contributed by atoms with van der Waals surface area (Å²) in [5.74, 6) is 0. The molecule has 0 fully saturated rings. The van der Waals surface area contributed by atoms with Crippen molar-refractivity contribution in [2.75, 3.05) is 0 Å². The van der Waals surface area contributed by atoms with Crippen molar-refractivity contribution in [1.82, 2.24) is 9.55 Å². The van der Waals surface area contributed by atoms with Gasteiger partial charge in [0.15, 0.2) is 0 Å². The SMILES string of the molecule is Cc1ccc(-n2ccc3cc(Br)ccc32)cn1. The van der Waals surface area contributed by atoms with Crippen molar-refractivity contribution in [3.8, 4) is 5.69 Å². The van der Waals surface area contributed by atoms with Gasteiger partial charge in [0.2, 0.25) is 0 Å². The lowest BCUT2D eigenvalue weighted by Gasteiger charge is -2.05. The van der Waals surface area contributed by atoms with E-state index in [1.54, 1.807) is 0 Å². The lowest BCUT2D eigenvalue weighted by molar-refractivity contribution is 1.08. The van der Waals surface area contributed by atoms with Crippen molar-refractivity contribution in [1.29, 1.82) is 0 Å². The third-order valence-corrected chi connectivity index (χ3v) is 3.32. The minimum atomic E-state index is 1.04. The van der Waals surface area contributed by atoms with Crippen molar-refractivity contribution in [3.63, 3.8) is 0 Å². The van der Waals surface area contributed by atoms with Gasteiger partial charge < -0.3 is 4.57 Å². The third-order valence-electron chi connectivity index (χ3n) is 2.83. The van der Waals surface area contributed by atoms with Crippen molar-refractivity contribution < 1.29 is 0 Å². The Morgan fingerprint density at radius 1 is 1.12 bits per heavy atom. The van der Waals surface area contributed by atoms with Gasteiger partial charge in [-0.2, -0.15) is 0 Å². The van der Waals surface area contributed by atoms with Gasteiger partial charge in [0.25, 0.3) is 0 Å². The fourth-order valence-corrected chi connectivity index (χ4v) is 2.32. The zero-order valence-corrected chi connectivity index (χ0v) is 11.0. The lowest BCUT2D eigenvalue weighted by atomic mass is 10.2. The molecule has 84 valence electrons. The van der Waals surface area contributed by atoms with Crippen LogP contribution in [0.5, 0.6) is 0 Å². The molecular formula is C14H11BrN2. The van der Waals surface area contributed by atoms with E-state index in [2.05, 4.69) is 62.0 Å². The summed E-state index contributed by atoms with van der Waals surface area (Å²) in [6.07, 6.45) is 3.97. The monoisotopic (exact) mass is 286 g/mol. The molecule has 0 amide bonds. The number of aromatic nitrogens is 2. The number of fused-ring (bicyclic) bond motifs is 1. The summed E-state index contributed by atoms with van der Waals surface area (Å²) in [6.45, 7) is 1.99. The minimum Gasteiger partial charge on any atom is -0.315 e. The molecule has 0 saturated carbocycles. The fraction of sp³-hybridized carbons (Fsp3) is 0.0714. The van der Waals surface area contributed by atoms with Gasteiger partial charge in [-0.05, 0) is 43.3 Å². The van der Waals surface area contributed by atoms with Gasteiger partial charge >= 0.3 is 0 Å². The number of benzene rings is 1. The first-order valence-corrected chi connectivity index (χ1v) is 6.23. The highest BCUT2D eigenvalue weighted by Crippen LogP contribution is 2.23. The number of rotatable bonds is 1. The van der Waals surface area contributed by atoms with E-state index in [1.165, 1.54) is 10.9 Å². The Kier molecular flexibility index (Phi) is 2.48. The zero-order valence-electron chi connectivity index (χ0n) is 9.39. The molecule has 0 aliphatic carbocycles. The lowest BCUT2D eigenvalue weighted by Crippen LogP contribution is -1.93. The fourth-order valence-electron chi connectivity index (χ4n) is 1.94. The van der Waals surface area contributed by atoms with Crippen molar-refractivity contribution in [2.45, 2.75) is 6.92 Å². The first-order chi connectivity index (χ1) is 8.24. The summed E-state index contributed by atoms with van der Waals surface area (Å²) in [7, 11) is 0. The summed E-state index contributed by atoms with van der Waals surface area (Å²) in [5, 5.41) is 1.22. The highest BCUT2D eigenvalue weighted by Gasteiger charge is 2.03. The van der Waals surface area contributed by atoms with Crippen LogP contribution in [0.15, 0.2) is 53.3 Å². The van der Waals surface area contributed by atoms with Gasteiger partial charge in [-0.15, -0.1) is 0 Å². The highest BCUT2D eigenvalue weighted by atomic mass is 79.9. The smallest absolute Gasteiger partial charge is 0.0639 e. The maximum absolute atomic E-state index is 4.33. The molecule has 0 atom stereocenters. The van der Waals surface area contributed by atoms with Crippen LogP contribution in [0.3, 0.4) is 0 Å². The van der Waals surface area contributed by atoms with Crippen LogP contribution in [-0.2, 0) is 0 Å². The molecule has 2 aromatic heterocycles. The Bertz CT molecular complexity index is 668. The van der Waals surface area contributed by atoms with E-state index in [1.807, 2.05) is 19.2 Å². The van der Waals surface area contributed by atoms with Gasteiger partial charge in [0.1, 0.15) is 0 Å². The van der Waals surface area contributed by atoms with Crippen LogP contribution in [0, 0.1) is 6.92 Å². The molecule has 0 radical (unpaired) electrons. The average molecular weight is 287 g/mol. The van der Waals surface area contributed by atoms with Crippen LogP contribution in [0.1, 0.15) is 5.69 Å². The molecule has 0 unspecified atom stereocenters. The predicted molar refractivity (Wildman–Crippen MR) is 73.5 cm³/mol. The maximum Gasteiger partial charge on any atom is 0.0639 e. The zero-order chi connectivity index (χ0) is 11.8. The van der Waals surface area contributed by atoms with Crippen molar-refractivity contribution in [2.24, 2.45) is 0 Å². The number of pyridine rings is 1. The molecule has 2 heterocycles. The van der Waals surface area contributed by atoms with E-state index in [0.717, 1.165) is 15.9 Å².